The quantitative estimate of drug-likeness (QED) is 0.294. The lowest BCUT2D eigenvalue weighted by Gasteiger charge is -2.33. The summed E-state index contributed by atoms with van der Waals surface area (Å²) in [6, 6.07) is 8.27. The molecule has 1 aliphatic rings. The van der Waals surface area contributed by atoms with E-state index in [-0.39, 0.29) is 18.2 Å². The second-order valence-electron chi connectivity index (χ2n) is 10.9. The fraction of sp³-hybridized carbons (Fsp3) is 0.481. The molecule has 5 rings (SSSR count). The number of aryl methyl sites for hydroxylation is 1. The van der Waals surface area contributed by atoms with E-state index in [1.165, 1.54) is 0 Å². The van der Waals surface area contributed by atoms with Gasteiger partial charge in [0.2, 0.25) is 0 Å². The third kappa shape index (κ3) is 4.92. The Morgan fingerprint density at radius 3 is 2.58 bits per heavy atom. The largest absolute Gasteiger partial charge is 0.433 e. The van der Waals surface area contributed by atoms with Crippen LogP contribution in [-0.2, 0) is 13.2 Å². The van der Waals surface area contributed by atoms with Crippen molar-refractivity contribution in [1.29, 1.82) is 0 Å². The molecule has 11 heteroatoms. The lowest BCUT2D eigenvalue weighted by Crippen LogP contribution is -2.44. The molecule has 202 valence electrons. The van der Waals surface area contributed by atoms with Gasteiger partial charge in [0.15, 0.2) is 0 Å². The zero-order valence-corrected chi connectivity index (χ0v) is 21.8. The maximum Gasteiger partial charge on any atom is 0.433 e. The van der Waals surface area contributed by atoms with Gasteiger partial charge in [-0.15, -0.1) is 10.2 Å². The number of rotatable bonds is 8. The van der Waals surface area contributed by atoms with Crippen LogP contribution in [0.4, 0.5) is 13.2 Å². The Kier molecular flexibility index (Phi) is 6.77. The molecule has 0 amide bonds. The van der Waals surface area contributed by atoms with Crippen LogP contribution in [0.2, 0.25) is 0 Å². The highest BCUT2D eigenvalue weighted by Gasteiger charge is 2.36. The Labute approximate surface area is 218 Å². The van der Waals surface area contributed by atoms with Gasteiger partial charge in [0.1, 0.15) is 23.5 Å². The third-order valence-electron chi connectivity index (χ3n) is 7.45. The van der Waals surface area contributed by atoms with Gasteiger partial charge in [-0.1, -0.05) is 24.6 Å². The van der Waals surface area contributed by atoms with Crippen molar-refractivity contribution >= 4 is 10.9 Å². The van der Waals surface area contributed by atoms with Crippen molar-refractivity contribution in [3.05, 3.63) is 59.4 Å². The number of nitrogens with one attached hydrogen (secondary N) is 2. The van der Waals surface area contributed by atoms with Crippen LogP contribution in [0, 0.1) is 5.92 Å². The van der Waals surface area contributed by atoms with Crippen LogP contribution in [0.25, 0.3) is 22.2 Å². The Hall–Kier alpha value is -3.31. The molecule has 1 saturated carbocycles. The second kappa shape index (κ2) is 9.77. The van der Waals surface area contributed by atoms with E-state index in [9.17, 15) is 18.3 Å². The minimum Gasteiger partial charge on any atom is -0.394 e. The van der Waals surface area contributed by atoms with Crippen molar-refractivity contribution < 1.29 is 18.3 Å². The first-order valence-corrected chi connectivity index (χ1v) is 12.8. The number of benzene rings is 1. The average Bonchev–Trinajstić information content (AvgIpc) is 3.46. The highest BCUT2D eigenvalue weighted by Crippen LogP contribution is 2.44. The normalized spacial score (nSPS) is 16.5. The van der Waals surface area contributed by atoms with Crippen LogP contribution in [0.5, 0.6) is 0 Å². The van der Waals surface area contributed by atoms with E-state index < -0.39 is 23.5 Å². The number of hydrogen-bond donors (Lipinski definition) is 3. The van der Waals surface area contributed by atoms with Crippen LogP contribution in [0.15, 0.2) is 36.7 Å². The lowest BCUT2D eigenvalue weighted by atomic mass is 9.72. The van der Waals surface area contributed by atoms with Gasteiger partial charge in [-0.3, -0.25) is 5.10 Å². The number of aliphatic hydroxyl groups is 1. The molecule has 0 spiro atoms. The molecule has 0 bridgehead atoms. The van der Waals surface area contributed by atoms with Gasteiger partial charge >= 0.3 is 6.18 Å². The number of nitrogens with zero attached hydrogens (tertiary/aromatic N) is 5. The average molecular weight is 528 g/mol. The van der Waals surface area contributed by atoms with Crippen LogP contribution in [0.1, 0.15) is 74.8 Å². The first kappa shape index (κ1) is 26.3. The van der Waals surface area contributed by atoms with Crippen molar-refractivity contribution in [3.8, 4) is 11.3 Å². The summed E-state index contributed by atoms with van der Waals surface area (Å²) in [7, 11) is 1.92. The number of alkyl halides is 3. The molecule has 2 atom stereocenters. The number of halogens is 3. The summed E-state index contributed by atoms with van der Waals surface area (Å²) in [5.74, 6) is 1.34. The number of aromatic nitrogens is 6. The van der Waals surface area contributed by atoms with E-state index in [0.717, 1.165) is 36.7 Å². The molecule has 1 fully saturated rings. The molecular formula is C27H32F3N7O. The molecule has 3 heterocycles. The molecular weight excluding hydrogens is 495 g/mol. The summed E-state index contributed by atoms with van der Waals surface area (Å²) in [6.45, 7) is 5.08. The molecule has 3 N–H and O–H groups in total. The van der Waals surface area contributed by atoms with Gasteiger partial charge in [0, 0.05) is 35.5 Å². The van der Waals surface area contributed by atoms with E-state index in [0.29, 0.717) is 28.1 Å². The Bertz CT molecular complexity index is 1440. The van der Waals surface area contributed by atoms with Crippen molar-refractivity contribution in [1.82, 2.24) is 35.3 Å². The summed E-state index contributed by atoms with van der Waals surface area (Å²) in [6.07, 6.45) is 0.398. The molecule has 1 aromatic carbocycles. The lowest BCUT2D eigenvalue weighted by molar-refractivity contribution is -0.141. The Morgan fingerprint density at radius 2 is 1.97 bits per heavy atom. The second-order valence-corrected chi connectivity index (χ2v) is 10.9. The number of hydrogen-bond acceptors (Lipinski definition) is 6. The number of fused-ring (bicyclic) bond motifs is 1. The van der Waals surface area contributed by atoms with E-state index >= 15 is 0 Å². The van der Waals surface area contributed by atoms with Crippen LogP contribution in [0.3, 0.4) is 0 Å². The van der Waals surface area contributed by atoms with Crippen LogP contribution >= 0.6 is 0 Å². The third-order valence-corrected chi connectivity index (χ3v) is 7.45. The van der Waals surface area contributed by atoms with Gasteiger partial charge in [-0.05, 0) is 57.2 Å². The number of aromatic amines is 1. The molecule has 1 aliphatic carbocycles. The maximum absolute atomic E-state index is 13.9. The van der Waals surface area contributed by atoms with E-state index in [1.807, 2.05) is 35.9 Å². The summed E-state index contributed by atoms with van der Waals surface area (Å²) in [5.41, 5.74) is 1.09. The molecule has 0 aliphatic heterocycles. The minimum atomic E-state index is -4.63. The molecule has 0 saturated heterocycles. The molecule has 38 heavy (non-hydrogen) atoms. The topological polar surface area (TPSA) is 105 Å². The molecule has 3 aromatic heterocycles. The van der Waals surface area contributed by atoms with Gasteiger partial charge < -0.3 is 15.0 Å². The Morgan fingerprint density at radius 1 is 1.21 bits per heavy atom. The fourth-order valence-electron chi connectivity index (χ4n) is 5.28. The summed E-state index contributed by atoms with van der Waals surface area (Å²) in [5, 5.41) is 29.0. The van der Waals surface area contributed by atoms with E-state index in [2.05, 4.69) is 30.7 Å². The summed E-state index contributed by atoms with van der Waals surface area (Å²) >= 11 is 0. The number of H-pyrrole nitrogens is 1. The van der Waals surface area contributed by atoms with Gasteiger partial charge in [-0.25, -0.2) is 4.98 Å². The van der Waals surface area contributed by atoms with Gasteiger partial charge in [0.25, 0.3) is 0 Å². The zero-order chi connectivity index (χ0) is 27.2. The van der Waals surface area contributed by atoms with Crippen molar-refractivity contribution in [2.45, 2.75) is 63.7 Å². The van der Waals surface area contributed by atoms with Crippen molar-refractivity contribution in [2.24, 2.45) is 13.0 Å². The predicted octanol–water partition coefficient (Wildman–Crippen LogP) is 5.13. The fourth-order valence-corrected chi connectivity index (χ4v) is 5.28. The van der Waals surface area contributed by atoms with E-state index in [4.69, 9.17) is 0 Å². The standard InChI is InChI=1S/C27H32F3N7O/c1-15(33-26(2,3)13-38)22-24-19(12-20(32-22)27(28,29)30)23(34-35-24)18-10-6-9-17(11-18)21(16-7-5-8-16)25-36-31-14-37(25)4/h6,9-12,14-16,21,33,38H,5,7-8,13H2,1-4H3,(H,34,35)/t15-,21+/m0/s1. The highest BCUT2D eigenvalue weighted by atomic mass is 19.4. The smallest absolute Gasteiger partial charge is 0.394 e. The maximum atomic E-state index is 13.9. The minimum absolute atomic E-state index is 0.0364. The molecule has 4 aromatic rings. The zero-order valence-electron chi connectivity index (χ0n) is 21.8. The first-order chi connectivity index (χ1) is 18.0. The molecule has 0 unspecified atom stereocenters. The highest BCUT2D eigenvalue weighted by molar-refractivity contribution is 5.94. The number of aliphatic hydroxyl groups excluding tert-OH is 1. The predicted molar refractivity (Wildman–Crippen MR) is 137 cm³/mol. The monoisotopic (exact) mass is 527 g/mol. The van der Waals surface area contributed by atoms with E-state index in [1.54, 1.807) is 27.1 Å². The Balaban J connectivity index is 1.62. The summed E-state index contributed by atoms with van der Waals surface area (Å²) in [4.78, 5) is 3.97. The van der Waals surface area contributed by atoms with Crippen LogP contribution in [-0.4, -0.2) is 47.2 Å². The summed E-state index contributed by atoms with van der Waals surface area (Å²) < 4.78 is 43.7. The first-order valence-electron chi connectivity index (χ1n) is 12.8. The van der Waals surface area contributed by atoms with Crippen molar-refractivity contribution in [3.63, 3.8) is 0 Å². The SMILES string of the molecule is C[C@H](NC(C)(C)CO)c1nc(C(F)(F)F)cc2c(-c3cccc([C@H](c4nncn4C)C4CCC4)c3)n[nH]c12. The molecule has 0 radical (unpaired) electrons. The number of pyridine rings is 1. The molecule has 8 nitrogen and oxygen atoms in total. The van der Waals surface area contributed by atoms with Crippen LogP contribution < -0.4 is 5.32 Å². The van der Waals surface area contributed by atoms with Gasteiger partial charge in [-0.2, -0.15) is 18.3 Å². The van der Waals surface area contributed by atoms with Gasteiger partial charge in [0.05, 0.1) is 17.8 Å². The van der Waals surface area contributed by atoms with Crippen molar-refractivity contribution in [2.75, 3.05) is 6.61 Å².